The quantitative estimate of drug-likeness (QED) is 0.150. The first-order chi connectivity index (χ1) is 50.4. The molecular formula is C72H60Cl3N9O12S3. The highest BCUT2D eigenvalue weighted by molar-refractivity contribution is 7.99. The number of carbonyl (C=O) groups excluding carboxylic acids is 3. The molecule has 18 rings (SSSR count). The molecule has 0 aliphatic carbocycles. The third kappa shape index (κ3) is 10.9. The molecule has 21 nitrogen and oxygen atoms in total. The molecule has 3 saturated heterocycles. The highest BCUT2D eigenvalue weighted by atomic mass is 35.5. The molecule has 99 heavy (non-hydrogen) atoms. The zero-order chi connectivity index (χ0) is 73.5. The minimum Gasteiger partial charge on any atom is -0.502 e. The highest BCUT2D eigenvalue weighted by Gasteiger charge is 2.50. The van der Waals surface area contributed by atoms with E-state index < -0.39 is 99.2 Å². The number of aromatic nitrogens is 3. The first-order valence-electron chi connectivity index (χ1n) is 34.4. The van der Waals surface area contributed by atoms with Gasteiger partial charge < -0.3 is 44.2 Å². The van der Waals surface area contributed by atoms with Crippen molar-refractivity contribution in [3.05, 3.63) is 277 Å². The molecule has 9 aromatic rings. The SMILES string of the molecule is [2H]C1([2H])Sc2ccccc2[C@@H](N2[C@@H]3COCCN3C(=O)c3c(O)c(=O)ccn32)c2c(Cl)cccc21.[2H]C1([2H])Sc2ccccc2[C@]([2H])(N2[C@@H]3COCCN3C(=O)c3c(O)c(=O)ccn32)c2c(Cl)cccc21.[2H][C@]1(N2[C@@H]3COCCN3C(=O)c3c(O)c(=O)ccn32)c2ccccc2SCc2cccc(Cl)c21. The molecule has 27 heteroatoms. The monoisotopic (exact) mass is 1450 g/mol. The maximum absolute atomic E-state index is 13.5. The molecule has 504 valence electrons. The molecule has 0 bridgehead atoms. The van der Waals surface area contributed by atoms with Crippen LogP contribution in [-0.2, 0) is 31.4 Å². The summed E-state index contributed by atoms with van der Waals surface area (Å²) in [6, 6.07) is 37.2. The van der Waals surface area contributed by atoms with Gasteiger partial charge in [0.2, 0.25) is 16.3 Å². The van der Waals surface area contributed by atoms with Crippen LogP contribution in [0.15, 0.2) is 193 Å². The lowest BCUT2D eigenvalue weighted by Crippen LogP contribution is -2.66. The van der Waals surface area contributed by atoms with E-state index in [1.54, 1.807) is 98.3 Å². The second-order valence-electron chi connectivity index (χ2n) is 23.9. The second-order valence-corrected chi connectivity index (χ2v) is 27.8. The van der Waals surface area contributed by atoms with Gasteiger partial charge in [-0.25, -0.2) is 0 Å². The molecule has 3 amide bonds. The number of nitrogens with zero attached hydrogens (tertiary/aromatic N) is 9. The van der Waals surface area contributed by atoms with E-state index in [1.165, 1.54) is 49.7 Å². The summed E-state index contributed by atoms with van der Waals surface area (Å²) in [6.45, 7) is 2.04. The summed E-state index contributed by atoms with van der Waals surface area (Å²) >= 11 is 24.0. The lowest BCUT2D eigenvalue weighted by Gasteiger charge is -2.51. The van der Waals surface area contributed by atoms with E-state index in [4.69, 9.17) is 54.5 Å². The van der Waals surface area contributed by atoms with Gasteiger partial charge in [-0.05, 0) is 69.8 Å². The van der Waals surface area contributed by atoms with Crippen molar-refractivity contribution in [2.75, 3.05) is 74.3 Å². The number of carbonyl (C=O) groups is 3. The molecule has 0 radical (unpaired) electrons. The van der Waals surface area contributed by atoms with Gasteiger partial charge in [-0.3, -0.25) is 57.8 Å². The molecule has 3 aromatic heterocycles. The summed E-state index contributed by atoms with van der Waals surface area (Å²) in [5, 5.41) is 38.1. The summed E-state index contributed by atoms with van der Waals surface area (Å²) in [6.07, 6.45) is 2.21. The van der Waals surface area contributed by atoms with E-state index in [2.05, 4.69) is 0 Å². The third-order valence-electron chi connectivity index (χ3n) is 18.5. The normalized spacial score (nSPS) is 24.9. The Hall–Kier alpha value is -8.82. The van der Waals surface area contributed by atoms with Crippen LogP contribution in [0.4, 0.5) is 0 Å². The number of halogens is 3. The Labute approximate surface area is 602 Å². The van der Waals surface area contributed by atoms with Crippen LogP contribution in [0.2, 0.25) is 15.1 Å². The van der Waals surface area contributed by atoms with Crippen molar-refractivity contribution >= 4 is 87.8 Å². The molecule has 6 atom stereocenters. The Morgan fingerprint density at radius 3 is 1.22 bits per heavy atom. The molecule has 0 saturated carbocycles. The standard InChI is InChI=1S/3C24H20ClN3O4S/c3*25-16-6-3-4-14-13-33-18-7-2-1-5-15(18)21(20(14)16)28-19-12-32-11-10-26(19)24(31)22-23(30)17(29)8-9-27(22)28/h3*1-9,19,21,30H,10-13H2/t2*19-,21+;19-,21-/m111/s1/i13D2,21D;21D;13D2. The number of hydrogen-bond donors (Lipinski definition) is 3. The molecule has 12 heterocycles. The van der Waals surface area contributed by atoms with Crippen molar-refractivity contribution in [2.24, 2.45) is 0 Å². The van der Waals surface area contributed by atoms with Crippen LogP contribution < -0.4 is 31.3 Å². The molecule has 9 aliphatic rings. The van der Waals surface area contributed by atoms with Crippen molar-refractivity contribution in [3.63, 3.8) is 0 Å². The van der Waals surface area contributed by atoms with Crippen LogP contribution in [0.5, 0.6) is 17.2 Å². The number of ether oxygens (including phenoxy) is 3. The first-order valence-corrected chi connectivity index (χ1v) is 35.2. The average Bonchev–Trinajstić information content (AvgIpc) is 1.68. The number of fused-ring (bicyclic) bond motifs is 12. The second kappa shape index (κ2) is 26.4. The van der Waals surface area contributed by atoms with Gasteiger partial charge in [-0.15, -0.1) is 35.3 Å². The molecule has 9 aliphatic heterocycles. The molecular weight excluding hydrogens is 1390 g/mol. The van der Waals surface area contributed by atoms with Gasteiger partial charge in [0, 0.05) is 126 Å². The number of aromatic hydroxyl groups is 3. The van der Waals surface area contributed by atoms with Gasteiger partial charge >= 0.3 is 0 Å². The maximum atomic E-state index is 13.5. The van der Waals surface area contributed by atoms with Crippen molar-refractivity contribution in [1.29, 1.82) is 0 Å². The Morgan fingerprint density at radius 1 is 0.414 bits per heavy atom. The van der Waals surface area contributed by atoms with E-state index in [0.29, 0.717) is 61.7 Å². The topological polar surface area (TPSA) is 225 Å². The number of benzene rings is 6. The summed E-state index contributed by atoms with van der Waals surface area (Å²) in [5.74, 6) is -2.85. The zero-order valence-corrected chi connectivity index (χ0v) is 56.6. The van der Waals surface area contributed by atoms with Crippen LogP contribution in [0.1, 0.15) is 108 Å². The fourth-order valence-electron chi connectivity index (χ4n) is 14.1. The molecule has 6 aromatic carbocycles. The van der Waals surface area contributed by atoms with Gasteiger partial charge in [0.15, 0.2) is 34.3 Å². The van der Waals surface area contributed by atoms with E-state index in [-0.39, 0.29) is 79.3 Å². The van der Waals surface area contributed by atoms with E-state index in [9.17, 15) is 46.8 Å². The van der Waals surface area contributed by atoms with E-state index >= 15 is 0 Å². The smallest absolute Gasteiger partial charge is 0.278 e. The number of morpholine rings is 3. The number of hydrogen-bond acceptors (Lipinski definition) is 18. The summed E-state index contributed by atoms with van der Waals surface area (Å²) in [4.78, 5) is 84.1. The predicted octanol–water partition coefficient (Wildman–Crippen LogP) is 10.1. The average molecular weight is 1450 g/mol. The number of amides is 3. The summed E-state index contributed by atoms with van der Waals surface area (Å²) < 4.78 is 77.3. The van der Waals surface area contributed by atoms with Gasteiger partial charge in [-0.1, -0.05) is 126 Å². The highest BCUT2D eigenvalue weighted by Crippen LogP contribution is 2.51. The first kappa shape index (κ1) is 58.0. The molecule has 3 fully saturated rings. The summed E-state index contributed by atoms with van der Waals surface area (Å²) in [7, 11) is 0. The largest absolute Gasteiger partial charge is 0.502 e. The Balaban J connectivity index is 0.000000121. The number of thioether (sulfide) groups is 3. The Bertz CT molecular complexity index is 5340. The fraction of sp³-hybridized carbons (Fsp3) is 0.250. The van der Waals surface area contributed by atoms with Crippen LogP contribution in [0.3, 0.4) is 0 Å². The number of rotatable bonds is 3. The van der Waals surface area contributed by atoms with Crippen molar-refractivity contribution in [2.45, 2.75) is 68.4 Å². The lowest BCUT2D eigenvalue weighted by molar-refractivity contribution is -0.0198. The minimum absolute atomic E-state index is 0.0562. The minimum atomic E-state index is -1.93. The van der Waals surface area contributed by atoms with Crippen molar-refractivity contribution < 1.29 is 52.1 Å². The Morgan fingerprint density at radius 2 is 0.768 bits per heavy atom. The molecule has 0 unspecified atom stereocenters. The molecule has 0 spiro atoms. The van der Waals surface area contributed by atoms with Crippen molar-refractivity contribution in [3.8, 4) is 17.2 Å². The predicted molar refractivity (Wildman–Crippen MR) is 377 cm³/mol. The Kier molecular flexibility index (Phi) is 15.5. The van der Waals surface area contributed by atoms with Gasteiger partial charge in [0.1, 0.15) is 36.6 Å². The van der Waals surface area contributed by atoms with E-state index in [0.717, 1.165) is 50.5 Å². The van der Waals surface area contributed by atoms with Gasteiger partial charge in [0.05, 0.1) is 42.4 Å². The summed E-state index contributed by atoms with van der Waals surface area (Å²) in [5.41, 5.74) is -1.48. The van der Waals surface area contributed by atoms with Gasteiger partial charge in [-0.2, -0.15) is 0 Å². The lowest BCUT2D eigenvalue weighted by atomic mass is 9.93. The van der Waals surface area contributed by atoms with Crippen LogP contribution >= 0.6 is 70.1 Å². The van der Waals surface area contributed by atoms with E-state index in [1.807, 2.05) is 65.7 Å². The fourth-order valence-corrected chi connectivity index (χ4v) is 17.6. The van der Waals surface area contributed by atoms with Crippen LogP contribution in [0, 0.1) is 0 Å². The van der Waals surface area contributed by atoms with Gasteiger partial charge in [0.25, 0.3) is 17.7 Å². The molecule has 3 N–H and O–H groups in total. The maximum Gasteiger partial charge on any atom is 0.278 e. The third-order valence-corrected chi connectivity index (χ3v) is 22.4. The zero-order valence-electron chi connectivity index (χ0n) is 57.9. The van der Waals surface area contributed by atoms with Crippen molar-refractivity contribution in [1.82, 2.24) is 28.7 Å². The number of pyridine rings is 3. The van der Waals surface area contributed by atoms with Crippen LogP contribution in [0.25, 0.3) is 0 Å². The van der Waals surface area contributed by atoms with Crippen LogP contribution in [-0.4, -0.2) is 140 Å².